The van der Waals surface area contributed by atoms with Gasteiger partial charge in [-0.05, 0) is 66.1 Å². The third kappa shape index (κ3) is 3.47. The Morgan fingerprint density at radius 3 is 2.73 bits per heavy atom. The molecular weight excluding hydrogens is 378 g/mol. The predicted molar refractivity (Wildman–Crippen MR) is 115 cm³/mol. The van der Waals surface area contributed by atoms with Crippen molar-refractivity contribution in [1.29, 1.82) is 0 Å². The van der Waals surface area contributed by atoms with Gasteiger partial charge in [0.05, 0.1) is 11.4 Å². The number of carbonyl (C=O) groups excluding carboxylic acids is 1. The normalized spacial score (nSPS) is 14.1. The fraction of sp³-hybridized carbons (Fsp3) is 0.227. The van der Waals surface area contributed by atoms with Crippen LogP contribution >= 0.6 is 0 Å². The summed E-state index contributed by atoms with van der Waals surface area (Å²) in [6.07, 6.45) is 8.82. The molecule has 0 radical (unpaired) electrons. The van der Waals surface area contributed by atoms with Crippen molar-refractivity contribution < 1.29 is 4.79 Å². The summed E-state index contributed by atoms with van der Waals surface area (Å²) in [6.45, 7) is 2.13. The third-order valence-electron chi connectivity index (χ3n) is 5.46. The van der Waals surface area contributed by atoms with Crippen molar-refractivity contribution in [3.8, 4) is 5.69 Å². The van der Waals surface area contributed by atoms with Crippen LogP contribution in [-0.2, 0) is 0 Å². The Bertz CT molecular complexity index is 1180. The number of piperidine rings is 1. The molecule has 1 fully saturated rings. The summed E-state index contributed by atoms with van der Waals surface area (Å²) in [5.41, 5.74) is 3.20. The second-order valence-electron chi connectivity index (χ2n) is 7.36. The maximum atomic E-state index is 13.0. The van der Waals surface area contributed by atoms with E-state index in [9.17, 15) is 4.79 Å². The summed E-state index contributed by atoms with van der Waals surface area (Å²) in [5, 5.41) is 16.2. The summed E-state index contributed by atoms with van der Waals surface area (Å²) in [5.74, 6) is -0.194. The van der Waals surface area contributed by atoms with E-state index >= 15 is 0 Å². The van der Waals surface area contributed by atoms with Gasteiger partial charge in [-0.15, -0.1) is 5.10 Å². The van der Waals surface area contributed by atoms with Crippen molar-refractivity contribution in [1.82, 2.24) is 25.2 Å². The fourth-order valence-corrected chi connectivity index (χ4v) is 3.96. The maximum Gasteiger partial charge on any atom is 0.255 e. The van der Waals surface area contributed by atoms with E-state index < -0.39 is 0 Å². The molecule has 1 saturated heterocycles. The maximum absolute atomic E-state index is 13.0. The van der Waals surface area contributed by atoms with Crippen LogP contribution in [0.25, 0.3) is 16.5 Å². The predicted octanol–water partition coefficient (Wildman–Crippen LogP) is 3.45. The van der Waals surface area contributed by atoms with E-state index in [-0.39, 0.29) is 5.91 Å². The van der Waals surface area contributed by atoms with Crippen LogP contribution in [0.1, 0.15) is 29.6 Å². The Labute approximate surface area is 173 Å². The minimum atomic E-state index is -0.194. The smallest absolute Gasteiger partial charge is 0.255 e. The van der Waals surface area contributed by atoms with Gasteiger partial charge in [0, 0.05) is 47.5 Å². The summed E-state index contributed by atoms with van der Waals surface area (Å²) in [4.78, 5) is 19.7. The van der Waals surface area contributed by atoms with Gasteiger partial charge in [-0.25, -0.2) is 4.68 Å². The van der Waals surface area contributed by atoms with Crippen molar-refractivity contribution in [3.63, 3.8) is 0 Å². The first-order valence-corrected chi connectivity index (χ1v) is 10.1. The molecule has 4 aromatic rings. The van der Waals surface area contributed by atoms with Gasteiger partial charge in [0.1, 0.15) is 6.33 Å². The number of nitrogens with one attached hydrogen (secondary N) is 1. The molecule has 1 N–H and O–H groups in total. The van der Waals surface area contributed by atoms with Crippen LogP contribution in [0.4, 0.5) is 11.4 Å². The highest BCUT2D eigenvalue weighted by Gasteiger charge is 2.16. The van der Waals surface area contributed by atoms with Crippen LogP contribution in [0.2, 0.25) is 0 Å². The lowest BCUT2D eigenvalue weighted by molar-refractivity contribution is 0.102. The highest BCUT2D eigenvalue weighted by atomic mass is 16.1. The first-order chi connectivity index (χ1) is 14.8. The second-order valence-corrected chi connectivity index (χ2v) is 7.36. The molecule has 1 aliphatic heterocycles. The van der Waals surface area contributed by atoms with E-state index in [4.69, 9.17) is 0 Å². The zero-order valence-corrected chi connectivity index (χ0v) is 16.4. The lowest BCUT2D eigenvalue weighted by Gasteiger charge is -2.30. The average molecular weight is 399 g/mol. The Morgan fingerprint density at radius 1 is 1.00 bits per heavy atom. The summed E-state index contributed by atoms with van der Waals surface area (Å²) < 4.78 is 1.52. The van der Waals surface area contributed by atoms with Crippen molar-refractivity contribution in [2.75, 3.05) is 23.3 Å². The van der Waals surface area contributed by atoms with E-state index in [1.807, 2.05) is 30.5 Å². The summed E-state index contributed by atoms with van der Waals surface area (Å²) in [7, 11) is 0. The Kier molecular flexibility index (Phi) is 4.80. The number of carbonyl (C=O) groups is 1. The molecule has 0 atom stereocenters. The first kappa shape index (κ1) is 18.2. The molecule has 1 amide bonds. The van der Waals surface area contributed by atoms with Crippen molar-refractivity contribution in [2.45, 2.75) is 19.3 Å². The van der Waals surface area contributed by atoms with Crippen LogP contribution in [0.3, 0.4) is 0 Å². The topological polar surface area (TPSA) is 88.8 Å². The zero-order chi connectivity index (χ0) is 20.3. The molecule has 8 heteroatoms. The number of benzene rings is 2. The number of aromatic nitrogens is 5. The fourth-order valence-electron chi connectivity index (χ4n) is 3.96. The number of pyridine rings is 1. The summed E-state index contributed by atoms with van der Waals surface area (Å²) >= 11 is 0. The number of fused-ring (bicyclic) bond motifs is 1. The highest BCUT2D eigenvalue weighted by Crippen LogP contribution is 2.33. The zero-order valence-electron chi connectivity index (χ0n) is 16.4. The van der Waals surface area contributed by atoms with Crippen molar-refractivity contribution in [3.05, 3.63) is 66.7 Å². The van der Waals surface area contributed by atoms with Gasteiger partial charge in [0.25, 0.3) is 5.91 Å². The molecule has 30 heavy (non-hydrogen) atoms. The van der Waals surface area contributed by atoms with Gasteiger partial charge in [-0.1, -0.05) is 6.07 Å². The quantitative estimate of drug-likeness (QED) is 0.565. The number of rotatable bonds is 4. The molecule has 0 spiro atoms. The van der Waals surface area contributed by atoms with Crippen molar-refractivity contribution in [2.24, 2.45) is 0 Å². The van der Waals surface area contributed by atoms with Crippen LogP contribution < -0.4 is 10.2 Å². The molecule has 5 rings (SSSR count). The number of nitrogens with zero attached hydrogens (tertiary/aromatic N) is 6. The molecule has 8 nitrogen and oxygen atoms in total. The molecule has 3 heterocycles. The van der Waals surface area contributed by atoms with E-state index in [2.05, 4.69) is 36.8 Å². The number of hydrogen-bond donors (Lipinski definition) is 1. The number of tetrazole rings is 1. The number of anilines is 2. The molecule has 0 unspecified atom stereocenters. The largest absolute Gasteiger partial charge is 0.371 e. The van der Waals surface area contributed by atoms with Crippen LogP contribution in [0, 0.1) is 0 Å². The lowest BCUT2D eigenvalue weighted by Crippen LogP contribution is -2.29. The molecule has 150 valence electrons. The number of amides is 1. The monoisotopic (exact) mass is 399 g/mol. The van der Waals surface area contributed by atoms with E-state index in [0.717, 1.165) is 35.2 Å². The Hall–Kier alpha value is -3.81. The minimum absolute atomic E-state index is 0.194. The molecule has 2 aromatic carbocycles. The molecular formula is C22H21N7O. The van der Waals surface area contributed by atoms with Gasteiger partial charge in [-0.3, -0.25) is 9.78 Å². The second kappa shape index (κ2) is 7.90. The molecule has 1 aliphatic rings. The first-order valence-electron chi connectivity index (χ1n) is 10.1. The SMILES string of the molecule is O=C(Nc1ccc(N2CCCCC2)c2ccncc12)c1cccc(-n2cnnn2)c1. The Balaban J connectivity index is 1.46. The molecule has 0 saturated carbocycles. The minimum Gasteiger partial charge on any atom is -0.371 e. The van der Waals surface area contributed by atoms with Gasteiger partial charge in [-0.2, -0.15) is 0 Å². The van der Waals surface area contributed by atoms with Crippen molar-refractivity contribution >= 4 is 28.1 Å². The lowest BCUT2D eigenvalue weighted by atomic mass is 10.0. The van der Waals surface area contributed by atoms with Crippen LogP contribution in [0.5, 0.6) is 0 Å². The van der Waals surface area contributed by atoms with E-state index in [0.29, 0.717) is 5.56 Å². The molecule has 0 bridgehead atoms. The van der Waals surface area contributed by atoms with Gasteiger partial charge in [0.2, 0.25) is 0 Å². The van der Waals surface area contributed by atoms with E-state index in [1.165, 1.54) is 36.0 Å². The van der Waals surface area contributed by atoms with Gasteiger partial charge < -0.3 is 10.2 Å². The van der Waals surface area contributed by atoms with Crippen LogP contribution in [0.15, 0.2) is 61.2 Å². The highest BCUT2D eigenvalue weighted by molar-refractivity contribution is 6.11. The molecule has 0 aliphatic carbocycles. The van der Waals surface area contributed by atoms with Crippen LogP contribution in [-0.4, -0.2) is 44.2 Å². The van der Waals surface area contributed by atoms with E-state index in [1.54, 1.807) is 18.3 Å². The average Bonchev–Trinajstić information content (AvgIpc) is 3.35. The van der Waals surface area contributed by atoms with Gasteiger partial charge >= 0.3 is 0 Å². The Morgan fingerprint density at radius 2 is 1.90 bits per heavy atom. The third-order valence-corrected chi connectivity index (χ3v) is 5.46. The van der Waals surface area contributed by atoms with Gasteiger partial charge in [0.15, 0.2) is 0 Å². The number of hydrogen-bond acceptors (Lipinski definition) is 6. The summed E-state index contributed by atoms with van der Waals surface area (Å²) in [6, 6.07) is 13.3. The standard InChI is InChI=1S/C22H21N7O/c30-22(16-5-4-6-17(13-16)29-15-24-26-27-29)25-20-7-8-21(28-11-2-1-3-12-28)18-9-10-23-14-19(18)20/h4-10,13-15H,1-3,11-12H2,(H,25,30). The molecule has 2 aromatic heterocycles.